The molecule has 1 saturated carbocycles. The molecule has 0 spiro atoms. The minimum atomic E-state index is -0.567. The molecule has 1 fully saturated rings. The van der Waals surface area contributed by atoms with Crippen LogP contribution < -0.4 is 16.6 Å². The Morgan fingerprint density at radius 3 is 2.70 bits per heavy atom. The van der Waals surface area contributed by atoms with Gasteiger partial charge in [0.15, 0.2) is 0 Å². The first-order valence-electron chi connectivity index (χ1n) is 6.65. The molecule has 0 heterocycles. The van der Waals surface area contributed by atoms with Gasteiger partial charge < -0.3 is 10.7 Å². The summed E-state index contributed by atoms with van der Waals surface area (Å²) in [5, 5.41) is 13.7. The van der Waals surface area contributed by atoms with Crippen LogP contribution in [0.2, 0.25) is 0 Å². The molecule has 7 nitrogen and oxygen atoms in total. The van der Waals surface area contributed by atoms with E-state index in [9.17, 15) is 14.9 Å². The molecule has 1 aromatic rings. The maximum atomic E-state index is 12.1. The number of nitrogen functional groups attached to an aromatic ring is 1. The van der Waals surface area contributed by atoms with Gasteiger partial charge in [0, 0.05) is 12.6 Å². The highest BCUT2D eigenvalue weighted by Gasteiger charge is 2.22. The van der Waals surface area contributed by atoms with Gasteiger partial charge in [-0.1, -0.05) is 18.9 Å². The number of anilines is 1. The zero-order valence-electron chi connectivity index (χ0n) is 11.1. The molecule has 108 valence electrons. The summed E-state index contributed by atoms with van der Waals surface area (Å²) in [6.07, 6.45) is 4.65. The first-order valence-corrected chi connectivity index (χ1v) is 6.65. The lowest BCUT2D eigenvalue weighted by atomic mass is 10.1. The Balaban J connectivity index is 2.12. The SMILES string of the molecule is NNc1c(C(=O)NCC2CCCC2)cccc1[N+](=O)[O-]. The molecule has 0 unspecified atom stereocenters. The summed E-state index contributed by atoms with van der Waals surface area (Å²) >= 11 is 0. The van der Waals surface area contributed by atoms with Crippen LogP contribution in [0.3, 0.4) is 0 Å². The maximum Gasteiger partial charge on any atom is 0.294 e. The number of nitrogens with one attached hydrogen (secondary N) is 2. The van der Waals surface area contributed by atoms with Crippen molar-refractivity contribution >= 4 is 17.3 Å². The van der Waals surface area contributed by atoms with Crippen LogP contribution in [0.5, 0.6) is 0 Å². The Labute approximate surface area is 116 Å². The summed E-state index contributed by atoms with van der Waals surface area (Å²) < 4.78 is 0. The second-order valence-electron chi connectivity index (χ2n) is 4.96. The molecule has 0 aliphatic heterocycles. The number of hydrogen-bond donors (Lipinski definition) is 3. The van der Waals surface area contributed by atoms with Gasteiger partial charge in [-0.05, 0) is 24.8 Å². The Morgan fingerprint density at radius 1 is 1.40 bits per heavy atom. The smallest absolute Gasteiger partial charge is 0.294 e. The zero-order valence-corrected chi connectivity index (χ0v) is 11.1. The fraction of sp³-hybridized carbons (Fsp3) is 0.462. The number of nitro groups is 1. The van der Waals surface area contributed by atoms with Gasteiger partial charge in [0.2, 0.25) is 0 Å². The van der Waals surface area contributed by atoms with Crippen molar-refractivity contribution in [2.24, 2.45) is 11.8 Å². The van der Waals surface area contributed by atoms with Crippen LogP contribution in [0.25, 0.3) is 0 Å². The lowest BCUT2D eigenvalue weighted by molar-refractivity contribution is -0.384. The first kappa shape index (κ1) is 14.3. The third-order valence-corrected chi connectivity index (χ3v) is 3.65. The summed E-state index contributed by atoms with van der Waals surface area (Å²) in [4.78, 5) is 22.5. The quantitative estimate of drug-likeness (QED) is 0.432. The van der Waals surface area contributed by atoms with Crippen molar-refractivity contribution in [2.45, 2.75) is 25.7 Å². The van der Waals surface area contributed by atoms with E-state index in [2.05, 4.69) is 10.7 Å². The molecule has 7 heteroatoms. The molecule has 20 heavy (non-hydrogen) atoms. The number of carbonyl (C=O) groups is 1. The Hall–Kier alpha value is -2.15. The van der Waals surface area contributed by atoms with Gasteiger partial charge in [0.05, 0.1) is 10.5 Å². The van der Waals surface area contributed by atoms with E-state index < -0.39 is 4.92 Å². The number of hydrogen-bond acceptors (Lipinski definition) is 5. The molecule has 0 bridgehead atoms. The number of hydrazine groups is 1. The highest BCUT2D eigenvalue weighted by Crippen LogP contribution is 2.28. The molecular weight excluding hydrogens is 260 g/mol. The molecule has 1 aliphatic rings. The predicted octanol–water partition coefficient (Wildman–Crippen LogP) is 1.80. The number of nitrogens with zero attached hydrogens (tertiary/aromatic N) is 1. The number of nitro benzene ring substituents is 1. The number of nitrogens with two attached hydrogens (primary N) is 1. The third-order valence-electron chi connectivity index (χ3n) is 3.65. The van der Waals surface area contributed by atoms with E-state index in [1.165, 1.54) is 31.0 Å². The van der Waals surface area contributed by atoms with Crippen molar-refractivity contribution in [3.8, 4) is 0 Å². The van der Waals surface area contributed by atoms with Gasteiger partial charge in [0.1, 0.15) is 5.69 Å². The molecule has 0 aromatic heterocycles. The van der Waals surface area contributed by atoms with Gasteiger partial charge in [-0.15, -0.1) is 0 Å². The van der Waals surface area contributed by atoms with Crippen molar-refractivity contribution in [2.75, 3.05) is 12.0 Å². The minimum absolute atomic E-state index is 0.0430. The summed E-state index contributed by atoms with van der Waals surface area (Å²) in [6.45, 7) is 0.603. The monoisotopic (exact) mass is 278 g/mol. The normalized spacial score (nSPS) is 15.1. The number of carbonyl (C=O) groups excluding carboxylic acids is 1. The Bertz CT molecular complexity index is 512. The van der Waals surface area contributed by atoms with Crippen LogP contribution in [0.1, 0.15) is 36.0 Å². The fourth-order valence-electron chi connectivity index (χ4n) is 2.58. The molecule has 4 N–H and O–H groups in total. The summed E-state index contributed by atoms with van der Waals surface area (Å²) in [5.41, 5.74) is 2.28. The van der Waals surface area contributed by atoms with Gasteiger partial charge in [-0.2, -0.15) is 0 Å². The van der Waals surface area contributed by atoms with Gasteiger partial charge >= 0.3 is 0 Å². The van der Waals surface area contributed by atoms with Gasteiger partial charge in [-0.3, -0.25) is 20.8 Å². The van der Waals surface area contributed by atoms with E-state index in [1.54, 1.807) is 0 Å². The molecular formula is C13H18N4O3. The number of para-hydroxylation sites is 1. The molecule has 1 amide bonds. The lowest BCUT2D eigenvalue weighted by Crippen LogP contribution is -2.29. The van der Waals surface area contributed by atoms with Crippen molar-refractivity contribution in [1.29, 1.82) is 0 Å². The topological polar surface area (TPSA) is 110 Å². The summed E-state index contributed by atoms with van der Waals surface area (Å²) in [5.74, 6) is 5.48. The van der Waals surface area contributed by atoms with Crippen molar-refractivity contribution in [3.05, 3.63) is 33.9 Å². The number of amides is 1. The first-order chi connectivity index (χ1) is 9.63. The molecule has 0 radical (unpaired) electrons. The van der Waals surface area contributed by atoms with Gasteiger partial charge in [0.25, 0.3) is 11.6 Å². The molecule has 1 aromatic carbocycles. The van der Waals surface area contributed by atoms with Crippen molar-refractivity contribution in [3.63, 3.8) is 0 Å². The second-order valence-corrected chi connectivity index (χ2v) is 4.96. The van der Waals surface area contributed by atoms with Crippen LogP contribution in [0.15, 0.2) is 18.2 Å². The van der Waals surface area contributed by atoms with Crippen LogP contribution in [0.4, 0.5) is 11.4 Å². The zero-order chi connectivity index (χ0) is 14.5. The molecule has 0 atom stereocenters. The maximum absolute atomic E-state index is 12.1. The van der Waals surface area contributed by atoms with E-state index >= 15 is 0 Å². The van der Waals surface area contributed by atoms with E-state index in [0.29, 0.717) is 12.5 Å². The Morgan fingerprint density at radius 2 is 2.10 bits per heavy atom. The van der Waals surface area contributed by atoms with Crippen LogP contribution in [-0.4, -0.2) is 17.4 Å². The van der Waals surface area contributed by atoms with Crippen molar-refractivity contribution < 1.29 is 9.72 Å². The molecule has 2 rings (SSSR count). The summed E-state index contributed by atoms with van der Waals surface area (Å²) in [7, 11) is 0. The average molecular weight is 278 g/mol. The minimum Gasteiger partial charge on any atom is -0.352 e. The fourth-order valence-corrected chi connectivity index (χ4v) is 2.58. The second kappa shape index (κ2) is 6.33. The van der Waals surface area contributed by atoms with E-state index in [1.807, 2.05) is 0 Å². The van der Waals surface area contributed by atoms with Crippen LogP contribution >= 0.6 is 0 Å². The van der Waals surface area contributed by atoms with Crippen LogP contribution in [-0.2, 0) is 0 Å². The Kier molecular flexibility index (Phi) is 4.52. The lowest BCUT2D eigenvalue weighted by Gasteiger charge is -2.12. The molecule has 1 aliphatic carbocycles. The largest absolute Gasteiger partial charge is 0.352 e. The van der Waals surface area contributed by atoms with E-state index in [0.717, 1.165) is 12.8 Å². The summed E-state index contributed by atoms with van der Waals surface area (Å²) in [6, 6.07) is 4.30. The highest BCUT2D eigenvalue weighted by molar-refractivity contribution is 6.01. The van der Waals surface area contributed by atoms with E-state index in [4.69, 9.17) is 5.84 Å². The number of benzene rings is 1. The molecule has 0 saturated heterocycles. The standard InChI is InChI=1S/C13H18N4O3/c14-16-12-10(6-3-7-11(12)17(19)20)13(18)15-8-9-4-1-2-5-9/h3,6-7,9,16H,1-2,4-5,8,14H2,(H,15,18). The van der Waals surface area contributed by atoms with Gasteiger partial charge in [-0.25, -0.2) is 0 Å². The highest BCUT2D eigenvalue weighted by atomic mass is 16.6. The van der Waals surface area contributed by atoms with Crippen molar-refractivity contribution in [1.82, 2.24) is 5.32 Å². The predicted molar refractivity (Wildman–Crippen MR) is 75.2 cm³/mol. The number of rotatable bonds is 5. The third kappa shape index (κ3) is 3.05. The average Bonchev–Trinajstić information content (AvgIpc) is 2.97. The van der Waals surface area contributed by atoms with E-state index in [-0.39, 0.29) is 22.8 Å². The van der Waals surface area contributed by atoms with Crippen LogP contribution in [0, 0.1) is 16.0 Å².